The molecule has 2 amide bonds. The van der Waals surface area contributed by atoms with Crippen molar-refractivity contribution >= 4 is 15.9 Å². The molecule has 2 fully saturated rings. The number of hydrogen-bond acceptors (Lipinski definition) is 5. The summed E-state index contributed by atoms with van der Waals surface area (Å²) in [5, 5.41) is 2.91. The van der Waals surface area contributed by atoms with Crippen molar-refractivity contribution in [3.63, 3.8) is 0 Å². The van der Waals surface area contributed by atoms with Crippen LogP contribution in [0.3, 0.4) is 0 Å². The van der Waals surface area contributed by atoms with Crippen molar-refractivity contribution < 1.29 is 17.9 Å². The topological polar surface area (TPSA) is 79.0 Å². The number of nitrogens with one attached hydrogen (secondary N) is 1. The quantitative estimate of drug-likeness (QED) is 0.718. The van der Waals surface area contributed by atoms with Crippen LogP contribution in [-0.2, 0) is 14.6 Å². The molecule has 2 aliphatic rings. The lowest BCUT2D eigenvalue weighted by molar-refractivity contribution is 0.0960. The number of nitrogens with zero attached hydrogens (tertiary/aromatic N) is 2. The van der Waals surface area contributed by atoms with Crippen LogP contribution >= 0.6 is 0 Å². The van der Waals surface area contributed by atoms with Gasteiger partial charge in [-0.15, -0.1) is 0 Å². The van der Waals surface area contributed by atoms with E-state index in [4.69, 9.17) is 4.74 Å². The number of rotatable bonds is 6. The molecule has 2 rings (SSSR count). The van der Waals surface area contributed by atoms with Gasteiger partial charge in [-0.05, 0) is 0 Å². The lowest BCUT2D eigenvalue weighted by Crippen LogP contribution is -2.39. The highest BCUT2D eigenvalue weighted by Gasteiger charge is 2.43. The van der Waals surface area contributed by atoms with Crippen molar-refractivity contribution in [3.05, 3.63) is 0 Å². The van der Waals surface area contributed by atoms with E-state index in [-0.39, 0.29) is 23.6 Å². The minimum absolute atomic E-state index is 0.0904. The van der Waals surface area contributed by atoms with Crippen LogP contribution in [0.25, 0.3) is 0 Å². The van der Waals surface area contributed by atoms with Gasteiger partial charge in [0.15, 0.2) is 9.84 Å². The van der Waals surface area contributed by atoms with E-state index in [1.807, 2.05) is 0 Å². The van der Waals surface area contributed by atoms with Gasteiger partial charge in [0.1, 0.15) is 0 Å². The second-order valence-electron chi connectivity index (χ2n) is 6.37. The highest BCUT2D eigenvalue weighted by molar-refractivity contribution is 7.91. The number of ether oxygens (including phenoxy) is 1. The first-order valence-electron chi connectivity index (χ1n) is 7.82. The summed E-state index contributed by atoms with van der Waals surface area (Å²) in [6.45, 7) is 5.18. The Morgan fingerprint density at radius 2 is 2.09 bits per heavy atom. The molecule has 8 heteroatoms. The summed E-state index contributed by atoms with van der Waals surface area (Å²) in [5.41, 5.74) is 0. The van der Waals surface area contributed by atoms with Gasteiger partial charge in [-0.2, -0.15) is 0 Å². The summed E-state index contributed by atoms with van der Waals surface area (Å²) >= 11 is 0. The molecule has 0 unspecified atom stereocenters. The van der Waals surface area contributed by atoms with Crippen molar-refractivity contribution in [1.82, 2.24) is 15.1 Å². The third-order valence-corrected chi connectivity index (χ3v) is 6.28. The van der Waals surface area contributed by atoms with Crippen molar-refractivity contribution in [2.24, 2.45) is 11.8 Å². The zero-order chi connectivity index (χ0) is 16.3. The Labute approximate surface area is 132 Å². The molecule has 0 radical (unpaired) electrons. The third kappa shape index (κ3) is 4.33. The number of sulfone groups is 1. The predicted molar refractivity (Wildman–Crippen MR) is 84.6 cm³/mol. The van der Waals surface area contributed by atoms with Crippen LogP contribution < -0.4 is 5.32 Å². The van der Waals surface area contributed by atoms with Crippen LogP contribution in [0.2, 0.25) is 0 Å². The summed E-state index contributed by atoms with van der Waals surface area (Å²) in [4.78, 5) is 15.3. The van der Waals surface area contributed by atoms with E-state index in [1.165, 1.54) is 4.90 Å². The number of hydrogen-bond donors (Lipinski definition) is 1. The lowest BCUT2D eigenvalue weighted by atomic mass is 9.93. The Kier molecular flexibility index (Phi) is 5.68. The van der Waals surface area contributed by atoms with Crippen molar-refractivity contribution in [2.45, 2.75) is 13.0 Å². The van der Waals surface area contributed by atoms with E-state index < -0.39 is 9.84 Å². The number of fused-ring (bicyclic) bond motifs is 1. The van der Waals surface area contributed by atoms with Gasteiger partial charge in [0.05, 0.1) is 18.5 Å². The molecule has 128 valence electrons. The van der Waals surface area contributed by atoms with E-state index in [1.54, 1.807) is 21.0 Å². The first-order chi connectivity index (χ1) is 10.3. The van der Waals surface area contributed by atoms with Crippen LogP contribution in [0.1, 0.15) is 6.92 Å². The molecule has 7 nitrogen and oxygen atoms in total. The standard InChI is InChI=1S/C14H27N3O4S/c1-4-22(19,20)6-5-17-8-12-11(10-21-13(12)9-17)7-15-14(18)16(2)3/h11-13H,4-10H2,1-3H3,(H,15,18)/t11-,12+,13+/m0/s1. The molecule has 2 aliphatic heterocycles. The second-order valence-corrected chi connectivity index (χ2v) is 8.84. The molecule has 1 N–H and O–H groups in total. The average molecular weight is 333 g/mol. The van der Waals surface area contributed by atoms with Crippen LogP contribution in [0.4, 0.5) is 4.79 Å². The zero-order valence-corrected chi connectivity index (χ0v) is 14.4. The fraction of sp³-hybridized carbons (Fsp3) is 0.929. The number of likely N-dealkylation sites (tertiary alicyclic amines) is 1. The molecule has 2 heterocycles. The number of urea groups is 1. The summed E-state index contributed by atoms with van der Waals surface area (Å²) in [6, 6.07) is -0.0904. The highest BCUT2D eigenvalue weighted by atomic mass is 32.2. The summed E-state index contributed by atoms with van der Waals surface area (Å²) < 4.78 is 29.0. The third-order valence-electron chi connectivity index (χ3n) is 4.59. The summed E-state index contributed by atoms with van der Waals surface area (Å²) in [6.07, 6.45) is 0.172. The van der Waals surface area contributed by atoms with Crippen LogP contribution in [0.15, 0.2) is 0 Å². The molecule has 3 atom stereocenters. The highest BCUT2D eigenvalue weighted by Crippen LogP contribution is 2.33. The van der Waals surface area contributed by atoms with Crippen molar-refractivity contribution in [3.8, 4) is 0 Å². The molecule has 0 saturated carbocycles. The molecule has 0 aromatic rings. The SMILES string of the molecule is CCS(=O)(=O)CCN1C[C@@H]2[C@@H](CNC(=O)N(C)C)CO[C@@H]2C1. The Balaban J connectivity index is 1.80. The normalized spacial score (nSPS) is 28.6. The van der Waals surface area contributed by atoms with Gasteiger partial charge in [-0.3, -0.25) is 4.90 Å². The van der Waals surface area contributed by atoms with Gasteiger partial charge in [0.2, 0.25) is 0 Å². The van der Waals surface area contributed by atoms with Crippen LogP contribution in [0.5, 0.6) is 0 Å². The maximum atomic E-state index is 11.6. The van der Waals surface area contributed by atoms with Gasteiger partial charge >= 0.3 is 6.03 Å². The first kappa shape index (κ1) is 17.5. The first-order valence-corrected chi connectivity index (χ1v) is 9.64. The van der Waals surface area contributed by atoms with E-state index in [2.05, 4.69) is 10.2 Å². The molecular formula is C14H27N3O4S. The zero-order valence-electron chi connectivity index (χ0n) is 13.6. The molecule has 0 aromatic carbocycles. The summed E-state index contributed by atoms with van der Waals surface area (Å²) in [7, 11) is 0.514. The van der Waals surface area contributed by atoms with Gasteiger partial charge in [-0.1, -0.05) is 6.92 Å². The molecule has 2 saturated heterocycles. The number of amides is 2. The molecule has 0 spiro atoms. The van der Waals surface area contributed by atoms with E-state index in [0.29, 0.717) is 31.5 Å². The van der Waals surface area contributed by atoms with E-state index in [9.17, 15) is 13.2 Å². The van der Waals surface area contributed by atoms with Crippen LogP contribution in [0, 0.1) is 11.8 Å². The minimum Gasteiger partial charge on any atom is -0.376 e. The predicted octanol–water partition coefficient (Wildman–Crippen LogP) is -0.361. The fourth-order valence-electron chi connectivity index (χ4n) is 3.06. The second kappa shape index (κ2) is 7.14. The minimum atomic E-state index is -2.92. The van der Waals surface area contributed by atoms with Gasteiger partial charge in [0, 0.05) is 57.9 Å². The Bertz CT molecular complexity index is 494. The molecular weight excluding hydrogens is 306 g/mol. The van der Waals surface area contributed by atoms with Crippen molar-refractivity contribution in [1.29, 1.82) is 0 Å². The Hall–Kier alpha value is -0.860. The fourth-order valence-corrected chi connectivity index (χ4v) is 3.89. The lowest BCUT2D eigenvalue weighted by Gasteiger charge is -2.20. The Morgan fingerprint density at radius 3 is 2.73 bits per heavy atom. The monoisotopic (exact) mass is 333 g/mol. The number of carbonyl (C=O) groups is 1. The van der Waals surface area contributed by atoms with Crippen LogP contribution in [-0.4, -0.2) is 88.7 Å². The van der Waals surface area contributed by atoms with Crippen molar-refractivity contribution in [2.75, 3.05) is 58.4 Å². The molecule has 0 aliphatic carbocycles. The smallest absolute Gasteiger partial charge is 0.316 e. The van der Waals surface area contributed by atoms with E-state index in [0.717, 1.165) is 13.1 Å². The van der Waals surface area contributed by atoms with Gasteiger partial charge in [-0.25, -0.2) is 13.2 Å². The molecule has 22 heavy (non-hydrogen) atoms. The molecule has 0 bridgehead atoms. The maximum absolute atomic E-state index is 11.6. The largest absolute Gasteiger partial charge is 0.376 e. The maximum Gasteiger partial charge on any atom is 0.316 e. The van der Waals surface area contributed by atoms with Gasteiger partial charge < -0.3 is 15.0 Å². The summed E-state index contributed by atoms with van der Waals surface area (Å²) in [5.74, 6) is 1.10. The average Bonchev–Trinajstić information content (AvgIpc) is 3.03. The molecule has 0 aromatic heterocycles. The number of carbonyl (C=O) groups excluding carboxylic acids is 1. The van der Waals surface area contributed by atoms with Gasteiger partial charge in [0.25, 0.3) is 0 Å². The Morgan fingerprint density at radius 1 is 1.36 bits per heavy atom. The van der Waals surface area contributed by atoms with E-state index >= 15 is 0 Å².